The molecule has 2 N–H and O–H groups in total. The minimum Gasteiger partial charge on any atom is -0.489 e. The Labute approximate surface area is 213 Å². The number of imide groups is 1. The first kappa shape index (κ1) is 25.2. The first-order valence-corrected chi connectivity index (χ1v) is 13.7. The topological polar surface area (TPSA) is 97.0 Å². The van der Waals surface area contributed by atoms with Crippen LogP contribution >= 0.6 is 0 Å². The van der Waals surface area contributed by atoms with Gasteiger partial charge in [-0.15, -0.1) is 0 Å². The van der Waals surface area contributed by atoms with Crippen molar-refractivity contribution in [1.29, 1.82) is 0 Å². The summed E-state index contributed by atoms with van der Waals surface area (Å²) >= 11 is 0. The molecule has 3 fully saturated rings. The number of rotatable bonds is 7. The maximum Gasteiger partial charge on any atom is 0.255 e. The number of hydrogen-bond acceptors (Lipinski definition) is 6. The summed E-state index contributed by atoms with van der Waals surface area (Å²) in [5, 5.41) is 6.21. The summed E-state index contributed by atoms with van der Waals surface area (Å²) < 4.78 is 12.1. The molecule has 0 radical (unpaired) electrons. The van der Waals surface area contributed by atoms with Gasteiger partial charge < -0.3 is 19.7 Å². The fourth-order valence-electron chi connectivity index (χ4n) is 6.34. The van der Waals surface area contributed by atoms with Crippen LogP contribution in [0.2, 0.25) is 0 Å². The Morgan fingerprint density at radius 1 is 1.00 bits per heavy atom. The van der Waals surface area contributed by atoms with E-state index in [4.69, 9.17) is 9.47 Å². The molecular weight excluding hydrogens is 458 g/mol. The SMILES string of the molecule is COC1CCC(CN[C@@H]2CCCCC[C@H]2Oc2ccc3c(c2)CN([C@@H]2CCC(=O)NC2=O)C3=O)CC1. The van der Waals surface area contributed by atoms with Gasteiger partial charge in [-0.2, -0.15) is 0 Å². The van der Waals surface area contributed by atoms with Crippen LogP contribution in [0.5, 0.6) is 5.75 Å². The maximum absolute atomic E-state index is 13.0. The van der Waals surface area contributed by atoms with E-state index >= 15 is 0 Å². The third kappa shape index (κ3) is 5.59. The molecule has 2 aliphatic heterocycles. The molecule has 0 aromatic heterocycles. The van der Waals surface area contributed by atoms with Gasteiger partial charge in [-0.25, -0.2) is 0 Å². The van der Waals surface area contributed by atoms with Crippen LogP contribution in [0.3, 0.4) is 0 Å². The van der Waals surface area contributed by atoms with Gasteiger partial charge in [0.15, 0.2) is 0 Å². The minimum atomic E-state index is -0.596. The molecule has 5 rings (SSSR count). The van der Waals surface area contributed by atoms with Crippen molar-refractivity contribution >= 4 is 17.7 Å². The number of nitrogens with one attached hydrogen (secondary N) is 2. The Hall–Kier alpha value is -2.45. The molecule has 8 heteroatoms. The predicted molar refractivity (Wildman–Crippen MR) is 135 cm³/mol. The van der Waals surface area contributed by atoms with Gasteiger partial charge in [0, 0.05) is 31.7 Å². The van der Waals surface area contributed by atoms with Crippen LogP contribution in [-0.4, -0.2) is 60.6 Å². The van der Waals surface area contributed by atoms with Crippen LogP contribution in [0.15, 0.2) is 18.2 Å². The van der Waals surface area contributed by atoms with Crippen LogP contribution in [-0.2, 0) is 20.9 Å². The van der Waals surface area contributed by atoms with E-state index in [2.05, 4.69) is 10.6 Å². The van der Waals surface area contributed by atoms with Gasteiger partial charge in [-0.05, 0) is 87.6 Å². The molecule has 0 spiro atoms. The number of piperidine rings is 1. The normalized spacial score (nSPS) is 31.1. The highest BCUT2D eigenvalue weighted by molar-refractivity contribution is 6.05. The number of ether oxygens (including phenoxy) is 2. The van der Waals surface area contributed by atoms with E-state index in [1.165, 1.54) is 25.7 Å². The van der Waals surface area contributed by atoms with Gasteiger partial charge in [-0.3, -0.25) is 19.7 Å². The Balaban J connectivity index is 1.21. The van der Waals surface area contributed by atoms with E-state index in [9.17, 15) is 14.4 Å². The number of nitrogens with zero attached hydrogens (tertiary/aromatic N) is 1. The number of amides is 3. The molecule has 8 nitrogen and oxygen atoms in total. The molecule has 3 amide bonds. The van der Waals surface area contributed by atoms with Gasteiger partial charge in [0.25, 0.3) is 5.91 Å². The number of methoxy groups -OCH3 is 1. The first-order chi connectivity index (χ1) is 17.5. The molecule has 2 aliphatic carbocycles. The lowest BCUT2D eigenvalue weighted by molar-refractivity contribution is -0.136. The third-order valence-corrected chi connectivity index (χ3v) is 8.53. The Morgan fingerprint density at radius 3 is 2.58 bits per heavy atom. The average Bonchev–Trinajstić information content (AvgIpc) is 3.04. The molecule has 196 valence electrons. The second kappa shape index (κ2) is 11.3. The van der Waals surface area contributed by atoms with Crippen molar-refractivity contribution in [3.63, 3.8) is 0 Å². The molecule has 0 unspecified atom stereocenters. The lowest BCUT2D eigenvalue weighted by Crippen LogP contribution is -2.52. The summed E-state index contributed by atoms with van der Waals surface area (Å²) in [5.41, 5.74) is 1.50. The predicted octanol–water partition coefficient (Wildman–Crippen LogP) is 3.32. The summed E-state index contributed by atoms with van der Waals surface area (Å²) in [7, 11) is 1.82. The van der Waals surface area contributed by atoms with Crippen LogP contribution in [0, 0.1) is 5.92 Å². The molecule has 1 saturated heterocycles. The van der Waals surface area contributed by atoms with Gasteiger partial charge in [0.2, 0.25) is 11.8 Å². The smallest absolute Gasteiger partial charge is 0.255 e. The monoisotopic (exact) mass is 497 g/mol. The average molecular weight is 498 g/mol. The van der Waals surface area contributed by atoms with Gasteiger partial charge in [0.05, 0.1) is 6.10 Å². The first-order valence-electron chi connectivity index (χ1n) is 13.7. The van der Waals surface area contributed by atoms with Crippen molar-refractivity contribution in [2.75, 3.05) is 13.7 Å². The second-order valence-electron chi connectivity index (χ2n) is 10.9. The molecule has 2 heterocycles. The molecule has 4 aliphatic rings. The highest BCUT2D eigenvalue weighted by Crippen LogP contribution is 2.32. The Bertz CT molecular complexity index is 974. The van der Waals surface area contributed by atoms with Crippen molar-refractivity contribution in [1.82, 2.24) is 15.5 Å². The summed E-state index contributed by atoms with van der Waals surface area (Å²) in [6.45, 7) is 1.40. The molecule has 0 bridgehead atoms. The second-order valence-corrected chi connectivity index (χ2v) is 10.9. The lowest BCUT2D eigenvalue weighted by atomic mass is 9.87. The third-order valence-electron chi connectivity index (χ3n) is 8.53. The van der Waals surface area contributed by atoms with Crippen LogP contribution in [0.1, 0.15) is 86.6 Å². The van der Waals surface area contributed by atoms with Gasteiger partial charge in [0.1, 0.15) is 17.9 Å². The summed E-state index contributed by atoms with van der Waals surface area (Å²) in [4.78, 5) is 38.4. The van der Waals surface area contributed by atoms with Crippen LogP contribution < -0.4 is 15.4 Å². The summed E-state index contributed by atoms with van der Waals surface area (Å²) in [6, 6.07) is 5.40. The van der Waals surface area contributed by atoms with E-state index in [0.29, 0.717) is 36.6 Å². The number of fused-ring (bicyclic) bond motifs is 1. The molecule has 36 heavy (non-hydrogen) atoms. The van der Waals surface area contributed by atoms with Crippen molar-refractivity contribution in [3.8, 4) is 5.75 Å². The number of hydrogen-bond donors (Lipinski definition) is 2. The fourth-order valence-corrected chi connectivity index (χ4v) is 6.34. The van der Waals surface area contributed by atoms with Crippen molar-refractivity contribution < 1.29 is 23.9 Å². The Kier molecular flexibility index (Phi) is 7.91. The summed E-state index contributed by atoms with van der Waals surface area (Å²) in [5.74, 6) is 0.677. The molecule has 1 aromatic carbocycles. The zero-order valence-electron chi connectivity index (χ0n) is 21.3. The van der Waals surface area contributed by atoms with Crippen molar-refractivity contribution in [3.05, 3.63) is 29.3 Å². The molecule has 1 aromatic rings. The van der Waals surface area contributed by atoms with E-state index in [1.54, 1.807) is 4.90 Å². The van der Waals surface area contributed by atoms with Gasteiger partial charge in [-0.1, -0.05) is 12.8 Å². The number of benzene rings is 1. The quantitative estimate of drug-likeness (QED) is 0.443. The van der Waals surface area contributed by atoms with E-state index in [-0.39, 0.29) is 30.2 Å². The molecule has 2 saturated carbocycles. The zero-order chi connectivity index (χ0) is 25.1. The zero-order valence-corrected chi connectivity index (χ0v) is 21.3. The van der Waals surface area contributed by atoms with Gasteiger partial charge >= 0.3 is 0 Å². The molecular formula is C28H39N3O5. The van der Waals surface area contributed by atoms with Crippen molar-refractivity contribution in [2.45, 2.75) is 101 Å². The van der Waals surface area contributed by atoms with E-state index in [1.807, 2.05) is 25.3 Å². The number of carbonyl (C=O) groups is 3. The number of carbonyl (C=O) groups excluding carboxylic acids is 3. The Morgan fingerprint density at radius 2 is 1.81 bits per heavy atom. The maximum atomic E-state index is 13.0. The van der Waals surface area contributed by atoms with E-state index < -0.39 is 6.04 Å². The standard InChI is InChI=1S/C28H39N3O5/c1-35-20-9-7-18(8-10-20)16-29-23-5-3-2-4-6-25(23)36-21-11-12-22-19(15-21)17-31(28(22)34)24-13-14-26(32)30-27(24)33/h11-12,15,18,20,23-25,29H,2-10,13-14,16-17H2,1H3,(H,30,32,33)/t18?,20?,23-,24-,25-/m1/s1. The lowest BCUT2D eigenvalue weighted by Gasteiger charge is -2.32. The van der Waals surface area contributed by atoms with Crippen molar-refractivity contribution in [2.24, 2.45) is 5.92 Å². The van der Waals surface area contributed by atoms with Crippen LogP contribution in [0.25, 0.3) is 0 Å². The summed E-state index contributed by atoms with van der Waals surface area (Å²) in [6.07, 6.45) is 11.6. The fraction of sp³-hybridized carbons (Fsp3) is 0.679. The highest BCUT2D eigenvalue weighted by Gasteiger charge is 2.39. The van der Waals surface area contributed by atoms with E-state index in [0.717, 1.165) is 50.0 Å². The molecule has 3 atom stereocenters. The highest BCUT2D eigenvalue weighted by atomic mass is 16.5. The minimum absolute atomic E-state index is 0.101. The largest absolute Gasteiger partial charge is 0.489 e. The van der Waals surface area contributed by atoms with Crippen LogP contribution in [0.4, 0.5) is 0 Å².